The fourth-order valence-electron chi connectivity index (χ4n) is 1.70. The van der Waals surface area contributed by atoms with Gasteiger partial charge in [-0.2, -0.15) is 4.98 Å². The maximum Gasteiger partial charge on any atom is 0.287 e. The quantitative estimate of drug-likeness (QED) is 0.533. The summed E-state index contributed by atoms with van der Waals surface area (Å²) in [7, 11) is 0. The number of aromatic nitrogens is 5. The second kappa shape index (κ2) is 4.41. The summed E-state index contributed by atoms with van der Waals surface area (Å²) in [5.74, 6) is 0.579. The molecule has 0 saturated carbocycles. The number of hydrogen-bond donors (Lipinski definition) is 4. The van der Waals surface area contributed by atoms with Gasteiger partial charge in [0.15, 0.2) is 5.82 Å². The Morgan fingerprint density at radius 2 is 2.16 bits per heavy atom. The Bertz CT molecular complexity index is 696. The molecule has 1 aromatic carbocycles. The third-order valence-corrected chi connectivity index (χ3v) is 2.57. The van der Waals surface area contributed by atoms with Crippen LogP contribution in [0.25, 0.3) is 11.0 Å². The highest BCUT2D eigenvalue weighted by atomic mass is 16.2. The predicted octanol–water partition coefficient (Wildman–Crippen LogP) is 0.193. The molecule has 0 spiro atoms. The van der Waals surface area contributed by atoms with E-state index in [-0.39, 0.29) is 24.2 Å². The normalized spacial score (nSPS) is 10.7. The Morgan fingerprint density at radius 1 is 1.32 bits per heavy atom. The summed E-state index contributed by atoms with van der Waals surface area (Å²) in [5, 5.41) is 8.94. The highest BCUT2D eigenvalue weighted by Gasteiger charge is 2.11. The number of carbonyl (C=O) groups excluding carboxylic acids is 1. The number of hydrogen-bond acceptors (Lipinski definition) is 5. The van der Waals surface area contributed by atoms with Gasteiger partial charge in [-0.1, -0.05) is 12.1 Å². The maximum atomic E-state index is 11.9. The molecule has 0 atom stereocenters. The van der Waals surface area contributed by atoms with Crippen molar-refractivity contribution in [2.45, 2.75) is 6.54 Å². The number of amides is 1. The van der Waals surface area contributed by atoms with E-state index in [2.05, 4.69) is 30.5 Å². The van der Waals surface area contributed by atoms with E-state index in [9.17, 15) is 4.79 Å². The Kier molecular flexibility index (Phi) is 2.60. The molecule has 3 rings (SSSR count). The van der Waals surface area contributed by atoms with Crippen LogP contribution in [0.5, 0.6) is 0 Å². The van der Waals surface area contributed by atoms with Crippen LogP contribution in [-0.4, -0.2) is 31.1 Å². The van der Waals surface area contributed by atoms with Gasteiger partial charge in [0.1, 0.15) is 5.82 Å². The van der Waals surface area contributed by atoms with Gasteiger partial charge in [0.25, 0.3) is 5.91 Å². The van der Waals surface area contributed by atoms with Crippen LogP contribution in [0.2, 0.25) is 0 Å². The Labute approximate surface area is 107 Å². The number of nitrogens with one attached hydrogen (secondary N) is 3. The smallest absolute Gasteiger partial charge is 0.287 e. The number of nitrogens with zero attached hydrogens (tertiary/aromatic N) is 3. The number of rotatable bonds is 3. The molecule has 0 saturated heterocycles. The van der Waals surface area contributed by atoms with Crippen molar-refractivity contribution in [2.75, 3.05) is 5.73 Å². The topological polar surface area (TPSA) is 125 Å². The molecule has 0 aliphatic carbocycles. The number of imidazole rings is 1. The van der Waals surface area contributed by atoms with Gasteiger partial charge in [-0.3, -0.25) is 9.89 Å². The lowest BCUT2D eigenvalue weighted by atomic mass is 10.3. The molecule has 3 aromatic rings. The zero-order chi connectivity index (χ0) is 13.2. The van der Waals surface area contributed by atoms with Crippen molar-refractivity contribution in [1.82, 2.24) is 30.5 Å². The first-order valence-corrected chi connectivity index (χ1v) is 5.62. The standard InChI is InChI=1S/C11H11N7O/c12-11-16-8(17-18-11)5-13-10(19)9-14-6-3-1-2-4-7(6)15-9/h1-4H,5H2,(H,13,19)(H,14,15)(H3,12,16,17,18). The molecule has 2 aromatic heterocycles. The summed E-state index contributed by atoms with van der Waals surface area (Å²) in [6.07, 6.45) is 0. The third kappa shape index (κ3) is 2.23. The zero-order valence-corrected chi connectivity index (χ0v) is 9.84. The van der Waals surface area contributed by atoms with Gasteiger partial charge < -0.3 is 16.0 Å². The zero-order valence-electron chi connectivity index (χ0n) is 9.84. The van der Waals surface area contributed by atoms with Crippen molar-refractivity contribution in [2.24, 2.45) is 0 Å². The lowest BCUT2D eigenvalue weighted by molar-refractivity contribution is 0.0941. The van der Waals surface area contributed by atoms with E-state index >= 15 is 0 Å². The molecule has 0 unspecified atom stereocenters. The van der Waals surface area contributed by atoms with E-state index in [1.54, 1.807) is 0 Å². The van der Waals surface area contributed by atoms with Gasteiger partial charge in [0, 0.05) is 0 Å². The second-order valence-corrected chi connectivity index (χ2v) is 3.93. The molecule has 96 valence electrons. The van der Waals surface area contributed by atoms with Gasteiger partial charge >= 0.3 is 0 Å². The summed E-state index contributed by atoms with van der Waals surface area (Å²) >= 11 is 0. The van der Waals surface area contributed by atoms with Crippen LogP contribution in [0.3, 0.4) is 0 Å². The van der Waals surface area contributed by atoms with E-state index < -0.39 is 0 Å². The number of H-pyrrole nitrogens is 2. The summed E-state index contributed by atoms with van der Waals surface area (Å²) in [6, 6.07) is 7.43. The molecule has 0 aliphatic heterocycles. The lowest BCUT2D eigenvalue weighted by Crippen LogP contribution is -2.24. The van der Waals surface area contributed by atoms with Crippen LogP contribution >= 0.6 is 0 Å². The number of para-hydroxylation sites is 2. The van der Waals surface area contributed by atoms with E-state index in [1.807, 2.05) is 24.3 Å². The van der Waals surface area contributed by atoms with E-state index in [4.69, 9.17) is 5.73 Å². The molecule has 0 fully saturated rings. The highest BCUT2D eigenvalue weighted by Crippen LogP contribution is 2.10. The minimum absolute atomic E-state index is 0.146. The van der Waals surface area contributed by atoms with Crippen LogP contribution < -0.4 is 11.1 Å². The Balaban J connectivity index is 1.73. The average molecular weight is 257 g/mol. The fourth-order valence-corrected chi connectivity index (χ4v) is 1.70. The van der Waals surface area contributed by atoms with Crippen molar-refractivity contribution in [1.29, 1.82) is 0 Å². The van der Waals surface area contributed by atoms with Gasteiger partial charge in [-0.25, -0.2) is 4.98 Å². The van der Waals surface area contributed by atoms with Crippen molar-refractivity contribution < 1.29 is 4.79 Å². The number of aromatic amines is 2. The van der Waals surface area contributed by atoms with E-state index in [0.29, 0.717) is 5.82 Å². The third-order valence-electron chi connectivity index (χ3n) is 2.57. The molecule has 5 N–H and O–H groups in total. The van der Waals surface area contributed by atoms with Crippen molar-refractivity contribution in [3.63, 3.8) is 0 Å². The molecule has 8 nitrogen and oxygen atoms in total. The van der Waals surface area contributed by atoms with Crippen LogP contribution in [0, 0.1) is 0 Å². The SMILES string of the molecule is Nc1n[nH]c(CNC(=O)c2nc3ccccc3[nH]2)n1. The summed E-state index contributed by atoms with van der Waals surface area (Å²) in [5.41, 5.74) is 6.93. The molecule has 1 amide bonds. The van der Waals surface area contributed by atoms with Crippen LogP contribution in [-0.2, 0) is 6.54 Å². The number of carbonyl (C=O) groups is 1. The van der Waals surface area contributed by atoms with Gasteiger partial charge in [0.05, 0.1) is 17.6 Å². The van der Waals surface area contributed by atoms with Crippen LogP contribution in [0.4, 0.5) is 5.95 Å². The van der Waals surface area contributed by atoms with Crippen molar-refractivity contribution in [3.8, 4) is 0 Å². The summed E-state index contributed by atoms with van der Waals surface area (Å²) < 4.78 is 0. The minimum Gasteiger partial charge on any atom is -0.367 e. The number of nitrogens with two attached hydrogens (primary N) is 1. The second-order valence-electron chi connectivity index (χ2n) is 3.93. The average Bonchev–Trinajstić information content (AvgIpc) is 3.01. The number of nitrogen functional groups attached to an aromatic ring is 1. The van der Waals surface area contributed by atoms with Gasteiger partial charge in [0.2, 0.25) is 5.95 Å². The number of benzene rings is 1. The van der Waals surface area contributed by atoms with Gasteiger partial charge in [-0.05, 0) is 12.1 Å². The molecular formula is C11H11N7O. The maximum absolute atomic E-state index is 11.9. The van der Waals surface area contributed by atoms with Gasteiger partial charge in [-0.15, -0.1) is 5.10 Å². The molecular weight excluding hydrogens is 246 g/mol. The Morgan fingerprint density at radius 3 is 2.89 bits per heavy atom. The fraction of sp³-hybridized carbons (Fsp3) is 0.0909. The summed E-state index contributed by atoms with van der Waals surface area (Å²) in [6.45, 7) is 0.208. The molecule has 2 heterocycles. The van der Waals surface area contributed by atoms with Crippen LogP contribution in [0.15, 0.2) is 24.3 Å². The number of fused-ring (bicyclic) bond motifs is 1. The molecule has 0 radical (unpaired) electrons. The van der Waals surface area contributed by atoms with E-state index in [1.165, 1.54) is 0 Å². The highest BCUT2D eigenvalue weighted by molar-refractivity contribution is 5.94. The van der Waals surface area contributed by atoms with Crippen LogP contribution in [0.1, 0.15) is 16.4 Å². The number of anilines is 1. The van der Waals surface area contributed by atoms with Crippen molar-refractivity contribution in [3.05, 3.63) is 35.9 Å². The first-order valence-electron chi connectivity index (χ1n) is 5.62. The first kappa shape index (κ1) is 11.2. The molecule has 8 heteroatoms. The molecule has 19 heavy (non-hydrogen) atoms. The molecule has 0 aliphatic rings. The largest absolute Gasteiger partial charge is 0.367 e. The predicted molar refractivity (Wildman–Crippen MR) is 68.1 cm³/mol. The van der Waals surface area contributed by atoms with Crippen molar-refractivity contribution >= 4 is 22.9 Å². The monoisotopic (exact) mass is 257 g/mol. The Hall–Kier alpha value is -2.90. The minimum atomic E-state index is -0.314. The summed E-state index contributed by atoms with van der Waals surface area (Å²) in [4.78, 5) is 22.9. The molecule has 0 bridgehead atoms. The lowest BCUT2D eigenvalue weighted by Gasteiger charge is -1.98. The first-order chi connectivity index (χ1) is 9.22. The van der Waals surface area contributed by atoms with E-state index in [0.717, 1.165) is 11.0 Å².